The third-order valence-electron chi connectivity index (χ3n) is 3.55. The summed E-state index contributed by atoms with van der Waals surface area (Å²) in [6.07, 6.45) is 0.502. The van der Waals surface area contributed by atoms with Crippen LogP contribution in [0.4, 0.5) is 11.4 Å². The van der Waals surface area contributed by atoms with Crippen LogP contribution in [0.25, 0.3) is 0 Å². The number of carbonyl (C=O) groups is 1. The van der Waals surface area contributed by atoms with Crippen molar-refractivity contribution >= 4 is 27.3 Å². The van der Waals surface area contributed by atoms with E-state index in [-0.39, 0.29) is 30.7 Å². The Morgan fingerprint density at radius 3 is 2.59 bits per heavy atom. The molecule has 8 heteroatoms. The Bertz CT molecular complexity index is 611. The average Bonchev–Trinajstić information content (AvgIpc) is 2.85. The summed E-state index contributed by atoms with van der Waals surface area (Å²) >= 11 is 0. The molecule has 0 aliphatic carbocycles. The van der Waals surface area contributed by atoms with Crippen molar-refractivity contribution in [3.8, 4) is 0 Å². The molecular formula is C14H21N3O4S. The van der Waals surface area contributed by atoms with Crippen LogP contribution in [0.2, 0.25) is 0 Å². The lowest BCUT2D eigenvalue weighted by molar-refractivity contribution is -0.118. The summed E-state index contributed by atoms with van der Waals surface area (Å²) in [5.74, 6) is -0.0120. The molecule has 3 N–H and O–H groups in total. The standard InChI is InChI=1S/C14H21N3O4S/c1-21-13(10-15)9-14(18)16-11-3-5-12(6-4-11)17-7-2-8-22(17,19)20/h3-6,13H,2,7-10,15H2,1H3,(H,16,18). The Balaban J connectivity index is 1.99. The number of methoxy groups -OCH3 is 1. The second kappa shape index (κ2) is 7.08. The van der Waals surface area contributed by atoms with Gasteiger partial charge in [0.15, 0.2) is 0 Å². The van der Waals surface area contributed by atoms with Gasteiger partial charge < -0.3 is 15.8 Å². The fourth-order valence-electron chi connectivity index (χ4n) is 2.32. The van der Waals surface area contributed by atoms with E-state index in [0.29, 0.717) is 24.3 Å². The quantitative estimate of drug-likeness (QED) is 0.793. The number of anilines is 2. The summed E-state index contributed by atoms with van der Waals surface area (Å²) < 4.78 is 30.1. The highest BCUT2D eigenvalue weighted by atomic mass is 32.2. The van der Waals surface area contributed by atoms with Gasteiger partial charge >= 0.3 is 0 Å². The van der Waals surface area contributed by atoms with Crippen LogP contribution in [0.3, 0.4) is 0 Å². The molecule has 1 unspecified atom stereocenters. The summed E-state index contributed by atoms with van der Waals surface area (Å²) in [4.78, 5) is 11.8. The zero-order chi connectivity index (χ0) is 16.2. The van der Waals surface area contributed by atoms with Crippen LogP contribution in [-0.4, -0.2) is 46.4 Å². The van der Waals surface area contributed by atoms with E-state index in [2.05, 4.69) is 5.32 Å². The number of hydrogen-bond acceptors (Lipinski definition) is 5. The van der Waals surface area contributed by atoms with Gasteiger partial charge in [0.05, 0.1) is 24.0 Å². The van der Waals surface area contributed by atoms with Crippen molar-refractivity contribution in [1.82, 2.24) is 0 Å². The lowest BCUT2D eigenvalue weighted by Crippen LogP contribution is -2.28. The highest BCUT2D eigenvalue weighted by molar-refractivity contribution is 7.93. The summed E-state index contributed by atoms with van der Waals surface area (Å²) in [6.45, 7) is 0.774. The van der Waals surface area contributed by atoms with Gasteiger partial charge in [0.1, 0.15) is 0 Å². The van der Waals surface area contributed by atoms with Crippen LogP contribution >= 0.6 is 0 Å². The number of nitrogens with zero attached hydrogens (tertiary/aromatic N) is 1. The number of nitrogens with one attached hydrogen (secondary N) is 1. The molecule has 1 aliphatic heterocycles. The average molecular weight is 327 g/mol. The minimum atomic E-state index is -3.18. The van der Waals surface area contributed by atoms with Gasteiger partial charge in [-0.2, -0.15) is 0 Å². The molecule has 122 valence electrons. The van der Waals surface area contributed by atoms with E-state index in [9.17, 15) is 13.2 Å². The Hall–Kier alpha value is -1.64. The second-order valence-corrected chi connectivity index (χ2v) is 7.15. The van der Waals surface area contributed by atoms with Crippen molar-refractivity contribution < 1.29 is 17.9 Å². The number of rotatable bonds is 6. The Morgan fingerprint density at radius 1 is 1.41 bits per heavy atom. The molecule has 1 heterocycles. The maximum Gasteiger partial charge on any atom is 0.235 e. The van der Waals surface area contributed by atoms with Gasteiger partial charge in [0.2, 0.25) is 15.9 Å². The van der Waals surface area contributed by atoms with Gasteiger partial charge in [-0.3, -0.25) is 9.10 Å². The molecule has 1 aliphatic rings. The van der Waals surface area contributed by atoms with Gasteiger partial charge in [0, 0.05) is 25.9 Å². The van der Waals surface area contributed by atoms with Gasteiger partial charge in [0.25, 0.3) is 0 Å². The number of hydrogen-bond donors (Lipinski definition) is 2. The maximum atomic E-state index is 11.8. The fourth-order valence-corrected chi connectivity index (χ4v) is 3.89. The molecule has 22 heavy (non-hydrogen) atoms. The van der Waals surface area contributed by atoms with E-state index >= 15 is 0 Å². The Labute approximate surface area is 130 Å². The number of sulfonamides is 1. The molecule has 0 saturated carbocycles. The van der Waals surface area contributed by atoms with Crippen molar-refractivity contribution in [3.63, 3.8) is 0 Å². The van der Waals surface area contributed by atoms with Crippen LogP contribution in [0, 0.1) is 0 Å². The number of ether oxygens (including phenoxy) is 1. The zero-order valence-corrected chi connectivity index (χ0v) is 13.3. The third kappa shape index (κ3) is 3.96. The molecule has 1 fully saturated rings. The van der Waals surface area contributed by atoms with E-state index in [1.807, 2.05) is 0 Å². The van der Waals surface area contributed by atoms with Gasteiger partial charge in [-0.25, -0.2) is 8.42 Å². The van der Waals surface area contributed by atoms with Crippen LogP contribution in [0.1, 0.15) is 12.8 Å². The fraction of sp³-hybridized carbons (Fsp3) is 0.500. The molecule has 0 aromatic heterocycles. The molecular weight excluding hydrogens is 306 g/mol. The van der Waals surface area contributed by atoms with Crippen LogP contribution in [0.15, 0.2) is 24.3 Å². The van der Waals surface area contributed by atoms with Crippen molar-refractivity contribution in [2.75, 3.05) is 35.6 Å². The van der Waals surface area contributed by atoms with E-state index in [1.54, 1.807) is 24.3 Å². The van der Waals surface area contributed by atoms with Crippen molar-refractivity contribution in [1.29, 1.82) is 0 Å². The van der Waals surface area contributed by atoms with Crippen LogP contribution in [0.5, 0.6) is 0 Å². The first-order chi connectivity index (χ1) is 10.5. The zero-order valence-electron chi connectivity index (χ0n) is 12.5. The van der Waals surface area contributed by atoms with Crippen molar-refractivity contribution in [3.05, 3.63) is 24.3 Å². The molecule has 1 saturated heterocycles. The van der Waals surface area contributed by atoms with Gasteiger partial charge in [-0.05, 0) is 30.7 Å². The van der Waals surface area contributed by atoms with Crippen molar-refractivity contribution in [2.45, 2.75) is 18.9 Å². The smallest absolute Gasteiger partial charge is 0.235 e. The molecule has 0 bridgehead atoms. The SMILES string of the molecule is COC(CN)CC(=O)Nc1ccc(N2CCCS2(=O)=O)cc1. The Kier molecular flexibility index (Phi) is 5.38. The normalized spacial score (nSPS) is 18.2. The molecule has 1 aromatic carbocycles. The number of nitrogens with two attached hydrogens (primary N) is 1. The number of amides is 1. The first-order valence-electron chi connectivity index (χ1n) is 7.09. The lowest BCUT2D eigenvalue weighted by atomic mass is 10.2. The molecule has 1 atom stereocenters. The second-order valence-electron chi connectivity index (χ2n) is 5.13. The molecule has 2 rings (SSSR count). The third-order valence-corrected chi connectivity index (χ3v) is 5.42. The molecule has 0 radical (unpaired) electrons. The van der Waals surface area contributed by atoms with E-state index in [0.717, 1.165) is 0 Å². The first kappa shape index (κ1) is 16.7. The summed E-state index contributed by atoms with van der Waals surface area (Å²) in [5.41, 5.74) is 6.70. The predicted octanol–water partition coefficient (Wildman–Crippen LogP) is 0.529. The number of carbonyl (C=O) groups excluding carboxylic acids is 1. The first-order valence-corrected chi connectivity index (χ1v) is 8.70. The van der Waals surface area contributed by atoms with Crippen LogP contribution < -0.4 is 15.4 Å². The van der Waals surface area contributed by atoms with Crippen LogP contribution in [-0.2, 0) is 19.6 Å². The predicted molar refractivity (Wildman–Crippen MR) is 85.3 cm³/mol. The topological polar surface area (TPSA) is 102 Å². The highest BCUT2D eigenvalue weighted by Gasteiger charge is 2.28. The van der Waals surface area contributed by atoms with E-state index in [4.69, 9.17) is 10.5 Å². The minimum absolute atomic E-state index is 0.176. The summed E-state index contributed by atoms with van der Waals surface area (Å²) in [5, 5.41) is 2.74. The highest BCUT2D eigenvalue weighted by Crippen LogP contribution is 2.25. The largest absolute Gasteiger partial charge is 0.380 e. The van der Waals surface area contributed by atoms with Gasteiger partial charge in [-0.15, -0.1) is 0 Å². The van der Waals surface area contributed by atoms with E-state index < -0.39 is 10.0 Å². The molecule has 1 aromatic rings. The van der Waals surface area contributed by atoms with Crippen molar-refractivity contribution in [2.24, 2.45) is 5.73 Å². The lowest BCUT2D eigenvalue weighted by Gasteiger charge is -2.17. The monoisotopic (exact) mass is 327 g/mol. The minimum Gasteiger partial charge on any atom is -0.380 e. The maximum absolute atomic E-state index is 11.8. The molecule has 1 amide bonds. The molecule has 0 spiro atoms. The Morgan fingerprint density at radius 2 is 2.09 bits per heavy atom. The van der Waals surface area contributed by atoms with E-state index in [1.165, 1.54) is 11.4 Å². The van der Waals surface area contributed by atoms with Gasteiger partial charge in [-0.1, -0.05) is 0 Å². The summed E-state index contributed by atoms with van der Waals surface area (Å²) in [7, 11) is -1.67. The molecule has 7 nitrogen and oxygen atoms in total. The number of benzene rings is 1. The summed E-state index contributed by atoms with van der Waals surface area (Å²) in [6, 6.07) is 6.75.